The Hall–Kier alpha value is -4.33. The average Bonchev–Trinajstić information content (AvgIpc) is 2.83. The number of nitro groups is 1. The molecule has 0 saturated carbocycles. The molecule has 0 aliphatic heterocycles. The Bertz CT molecular complexity index is 1610. The fraction of sp³-hybridized carbons (Fsp3) is 0.0385. The second kappa shape index (κ2) is 7.98. The highest BCUT2D eigenvalue weighted by Crippen LogP contribution is 2.37. The van der Waals surface area contributed by atoms with Crippen LogP contribution in [0.1, 0.15) is 0 Å². The minimum Gasteiger partial charge on any atom is -0.629 e. The van der Waals surface area contributed by atoms with Gasteiger partial charge >= 0.3 is 0 Å². The van der Waals surface area contributed by atoms with Crippen LogP contribution in [-0.4, -0.2) is 17.0 Å². The van der Waals surface area contributed by atoms with Crippen LogP contribution in [0.4, 0.5) is 11.4 Å². The van der Waals surface area contributed by atoms with E-state index < -0.39 is 4.92 Å². The molecule has 0 aliphatic carbocycles. The highest BCUT2D eigenvalue weighted by atomic mass is 16.6. The zero-order valence-electron chi connectivity index (χ0n) is 17.7. The van der Waals surface area contributed by atoms with Crippen molar-refractivity contribution in [3.8, 4) is 22.3 Å². The summed E-state index contributed by atoms with van der Waals surface area (Å²) in [5.74, 6) is 0. The molecule has 4 aromatic carbocycles. The summed E-state index contributed by atoms with van der Waals surface area (Å²) >= 11 is 0. The lowest BCUT2D eigenvalue weighted by Gasteiger charge is -2.20. The first kappa shape index (κ1) is 20.6. The third-order valence-electron chi connectivity index (χ3n) is 5.85. The summed E-state index contributed by atoms with van der Waals surface area (Å²) < 4.78 is 0. The van der Waals surface area contributed by atoms with E-state index in [2.05, 4.69) is 4.98 Å². The lowest BCUT2D eigenvalue weighted by molar-refractivity contribution is -0.751. The van der Waals surface area contributed by atoms with Crippen LogP contribution in [0.15, 0.2) is 89.7 Å². The van der Waals surface area contributed by atoms with Gasteiger partial charge in [0.2, 0.25) is 0 Å². The van der Waals surface area contributed by atoms with Gasteiger partial charge in [-0.1, -0.05) is 48.5 Å². The van der Waals surface area contributed by atoms with E-state index >= 15 is 0 Å². The van der Waals surface area contributed by atoms with Gasteiger partial charge in [-0.3, -0.25) is 14.9 Å². The fourth-order valence-electron chi connectivity index (χ4n) is 4.38. The first-order valence-corrected chi connectivity index (χ1v) is 10.4. The van der Waals surface area contributed by atoms with E-state index in [0.717, 1.165) is 21.9 Å². The first-order valence-electron chi connectivity index (χ1n) is 10.4. The van der Waals surface area contributed by atoms with Crippen LogP contribution in [0.2, 0.25) is 0 Å². The van der Waals surface area contributed by atoms with Gasteiger partial charge in [-0.15, -0.1) is 0 Å². The molecule has 0 fully saturated rings. The van der Waals surface area contributed by atoms with Gasteiger partial charge in [0, 0.05) is 33.3 Å². The fourth-order valence-corrected chi connectivity index (χ4v) is 4.38. The summed E-state index contributed by atoms with van der Waals surface area (Å²) in [6.07, 6.45) is 0. The van der Waals surface area contributed by atoms with Crippen molar-refractivity contribution in [3.63, 3.8) is 0 Å². The number of para-hydroxylation sites is 2. The summed E-state index contributed by atoms with van der Waals surface area (Å²) in [6, 6.07) is 24.7. The Morgan fingerprint density at radius 3 is 2.27 bits per heavy atom. The Balaban J connectivity index is 1.83. The number of rotatable bonds is 4. The van der Waals surface area contributed by atoms with Gasteiger partial charge in [0.05, 0.1) is 17.5 Å². The summed E-state index contributed by atoms with van der Waals surface area (Å²) in [5.41, 5.74) is 3.52. The van der Waals surface area contributed by atoms with Crippen LogP contribution < -0.4 is 10.6 Å². The molecule has 1 aromatic heterocycles. The van der Waals surface area contributed by atoms with Crippen molar-refractivity contribution < 1.29 is 9.99 Å². The van der Waals surface area contributed by atoms with E-state index in [4.69, 9.17) is 0 Å². The van der Waals surface area contributed by atoms with Crippen molar-refractivity contribution in [2.24, 2.45) is 0 Å². The third kappa shape index (κ3) is 3.45. The number of hydroxylamine groups is 1. The number of hydrogen-bond acceptors (Lipinski definition) is 4. The van der Waals surface area contributed by atoms with E-state index in [9.17, 15) is 20.1 Å². The molecular weight excluding hydrogens is 418 g/mol. The highest BCUT2D eigenvalue weighted by Gasteiger charge is 2.18. The Kier molecular flexibility index (Phi) is 4.97. The molecule has 1 unspecified atom stereocenters. The molecule has 0 radical (unpaired) electrons. The van der Waals surface area contributed by atoms with E-state index in [1.807, 2.05) is 36.4 Å². The number of fused-ring (bicyclic) bond motifs is 3. The minimum atomic E-state index is -0.417. The van der Waals surface area contributed by atoms with Crippen molar-refractivity contribution >= 4 is 33.1 Å². The Morgan fingerprint density at radius 2 is 1.52 bits per heavy atom. The monoisotopic (exact) mass is 437 g/mol. The van der Waals surface area contributed by atoms with Gasteiger partial charge in [0.15, 0.2) is 0 Å². The topological polar surface area (TPSA) is 104 Å². The van der Waals surface area contributed by atoms with Gasteiger partial charge in [-0.25, -0.2) is 0 Å². The van der Waals surface area contributed by atoms with Crippen LogP contribution in [0, 0.1) is 15.3 Å². The molecule has 0 spiro atoms. The molecule has 162 valence electrons. The number of nitrogens with zero attached hydrogens (tertiary/aromatic N) is 1. The lowest BCUT2D eigenvalue weighted by Crippen LogP contribution is -2.98. The Labute approximate surface area is 188 Å². The number of aromatic amines is 1. The summed E-state index contributed by atoms with van der Waals surface area (Å²) in [7, 11) is 1.52. The molecule has 0 saturated heterocycles. The first-order chi connectivity index (χ1) is 16.0. The van der Waals surface area contributed by atoms with Crippen LogP contribution in [0.5, 0.6) is 0 Å². The zero-order valence-corrected chi connectivity index (χ0v) is 17.7. The van der Waals surface area contributed by atoms with Gasteiger partial charge in [-0.2, -0.15) is 0 Å². The summed E-state index contributed by atoms with van der Waals surface area (Å²) in [6.45, 7) is 0. The van der Waals surface area contributed by atoms with Crippen molar-refractivity contribution in [2.45, 2.75) is 0 Å². The molecule has 5 aromatic rings. The molecule has 1 heterocycles. The van der Waals surface area contributed by atoms with Gasteiger partial charge in [-0.05, 0) is 41.5 Å². The maximum absolute atomic E-state index is 13.0. The van der Waals surface area contributed by atoms with Crippen LogP contribution in [-0.2, 0) is 0 Å². The quantitative estimate of drug-likeness (QED) is 0.244. The molecule has 7 heteroatoms. The third-order valence-corrected chi connectivity index (χ3v) is 5.85. The largest absolute Gasteiger partial charge is 0.629 e. The normalized spacial score (nSPS) is 12.2. The van der Waals surface area contributed by atoms with Gasteiger partial charge in [0.1, 0.15) is 5.69 Å². The lowest BCUT2D eigenvalue weighted by atomic mass is 9.93. The number of benzene rings is 4. The number of hydrogen-bond donors (Lipinski definition) is 2. The van der Waals surface area contributed by atoms with Crippen LogP contribution >= 0.6 is 0 Å². The molecule has 0 bridgehead atoms. The summed E-state index contributed by atoms with van der Waals surface area (Å²) in [5, 5.41) is 25.7. The van der Waals surface area contributed by atoms with E-state index in [1.165, 1.54) is 13.1 Å². The van der Waals surface area contributed by atoms with Crippen molar-refractivity contribution in [1.29, 1.82) is 0 Å². The molecule has 33 heavy (non-hydrogen) atoms. The zero-order chi connectivity index (χ0) is 23.1. The van der Waals surface area contributed by atoms with Crippen molar-refractivity contribution in [1.82, 2.24) is 4.98 Å². The molecule has 7 nitrogen and oxygen atoms in total. The molecular formula is C26H19N3O4. The molecule has 1 atom stereocenters. The highest BCUT2D eigenvalue weighted by molar-refractivity contribution is 6.14. The number of pyridine rings is 1. The Morgan fingerprint density at radius 1 is 0.818 bits per heavy atom. The molecule has 5 rings (SSSR count). The van der Waals surface area contributed by atoms with E-state index in [0.29, 0.717) is 27.7 Å². The summed E-state index contributed by atoms with van der Waals surface area (Å²) in [4.78, 5) is 27.0. The van der Waals surface area contributed by atoms with Gasteiger partial charge in [0.25, 0.3) is 11.2 Å². The average molecular weight is 437 g/mol. The number of H-pyrrole nitrogens is 1. The molecule has 2 N–H and O–H groups in total. The maximum Gasteiger partial charge on any atom is 0.277 e. The van der Waals surface area contributed by atoms with E-state index in [1.54, 1.807) is 42.5 Å². The van der Waals surface area contributed by atoms with Crippen LogP contribution in [0.3, 0.4) is 0 Å². The van der Waals surface area contributed by atoms with Gasteiger partial charge < -0.3 is 15.3 Å². The maximum atomic E-state index is 13.0. The number of quaternary nitrogens is 1. The van der Waals surface area contributed by atoms with Crippen LogP contribution in [0.25, 0.3) is 43.9 Å². The second-order valence-corrected chi connectivity index (χ2v) is 7.82. The SMILES string of the molecule is C[NH+]([O-])c1ccccc1-c1cccc2c(=O)[nH]c3cc(-c4ccccc4[N+](=O)[O-])ccc3c12. The predicted molar refractivity (Wildman–Crippen MR) is 130 cm³/mol. The molecule has 0 aliphatic rings. The van der Waals surface area contributed by atoms with E-state index in [-0.39, 0.29) is 16.3 Å². The number of nitro benzene ring substituents is 1. The predicted octanol–water partition coefficient (Wildman–Crippen LogP) is 4.57. The second-order valence-electron chi connectivity index (χ2n) is 7.82. The van der Waals surface area contributed by atoms with Crippen molar-refractivity contribution in [3.05, 3.63) is 111 Å². The minimum absolute atomic E-state index is 0.00365. The smallest absolute Gasteiger partial charge is 0.277 e. The molecule has 0 amide bonds. The van der Waals surface area contributed by atoms with Crippen molar-refractivity contribution in [2.75, 3.05) is 7.05 Å². The standard InChI is InChI=1S/C26H19N3O4/c1-28(31)23-11-4-3-8-18(23)19-9-6-10-21-25(19)20-14-13-16(15-22(20)27-26(21)30)17-7-2-5-12-24(17)29(32)33/h2-15,28H,1H3,(H,27,30). The number of aromatic nitrogens is 1. The number of nitrogens with one attached hydrogen (secondary N) is 2.